The molecule has 1 aromatic rings. The fraction of sp³-hybridized carbons (Fsp3) is 0.759. The lowest BCUT2D eigenvalue weighted by Crippen LogP contribution is -2.70. The van der Waals surface area contributed by atoms with Crippen LogP contribution >= 0.6 is 0 Å². The number of fused-ring (bicyclic) bond motifs is 5. The van der Waals surface area contributed by atoms with Gasteiger partial charge < -0.3 is 29.6 Å². The molecule has 1 amide bonds. The molecule has 0 spiro atoms. The maximum atomic E-state index is 14.1. The predicted octanol–water partition coefficient (Wildman–Crippen LogP) is 2.44. The van der Waals surface area contributed by atoms with Gasteiger partial charge in [-0.15, -0.1) is 0 Å². The topological polar surface area (TPSA) is 129 Å². The summed E-state index contributed by atoms with van der Waals surface area (Å²) in [6, 6.07) is 3.03. The zero-order valence-corrected chi connectivity index (χ0v) is 22.4. The smallest absolute Gasteiger partial charge is 0.410 e. The average molecular weight is 529 g/mol. The van der Waals surface area contributed by atoms with E-state index in [1.54, 1.807) is 17.9 Å². The predicted molar refractivity (Wildman–Crippen MR) is 137 cm³/mol. The van der Waals surface area contributed by atoms with E-state index in [9.17, 15) is 24.6 Å². The quantitative estimate of drug-likeness (QED) is 0.534. The van der Waals surface area contributed by atoms with Crippen LogP contribution < -0.4 is 10.9 Å². The second-order valence-corrected chi connectivity index (χ2v) is 12.8. The standard InChI is InChI=1S/C29H40N2O7/c1-27-9-7-19(38-26(35)31-13-11-30-12-14-31)15-18(27)4-5-21-23(27)24(33)25(34)28(2)20(8-10-29(21,28)36)17-3-6-22(32)37-16-17/h3,6,16,18-21,23-24,30,33,36H,4-5,7-15H2,1-2H3/t18?,19?,20-,21-,23-,24-,27?,28+,29?/m1/s1. The monoisotopic (exact) mass is 528 g/mol. The number of aliphatic hydroxyl groups excluding tert-OH is 1. The molecule has 6 rings (SSSR count). The number of rotatable bonds is 2. The van der Waals surface area contributed by atoms with E-state index in [0.717, 1.165) is 38.8 Å². The van der Waals surface area contributed by atoms with Gasteiger partial charge in [0.05, 0.1) is 17.3 Å². The molecule has 0 aromatic carbocycles. The van der Waals surface area contributed by atoms with E-state index >= 15 is 0 Å². The molecule has 9 heteroatoms. The number of nitrogens with zero attached hydrogens (tertiary/aromatic N) is 1. The minimum Gasteiger partial charge on any atom is -0.446 e. The molecule has 9 nitrogen and oxygen atoms in total. The van der Waals surface area contributed by atoms with Gasteiger partial charge in [0.25, 0.3) is 0 Å². The van der Waals surface area contributed by atoms with Gasteiger partial charge in [0.1, 0.15) is 12.2 Å². The van der Waals surface area contributed by atoms with Gasteiger partial charge in [-0.2, -0.15) is 0 Å². The molecule has 38 heavy (non-hydrogen) atoms. The van der Waals surface area contributed by atoms with Crippen molar-refractivity contribution in [2.24, 2.45) is 28.6 Å². The van der Waals surface area contributed by atoms with Crippen molar-refractivity contribution < 1.29 is 29.0 Å². The first-order valence-corrected chi connectivity index (χ1v) is 14.3. The lowest BCUT2D eigenvalue weighted by atomic mass is 9.42. The number of piperazine rings is 1. The van der Waals surface area contributed by atoms with Crippen LogP contribution in [0, 0.1) is 28.6 Å². The van der Waals surface area contributed by atoms with Crippen molar-refractivity contribution in [3.8, 4) is 0 Å². The number of hydrogen-bond acceptors (Lipinski definition) is 8. The molecule has 3 N–H and O–H groups in total. The molecule has 1 aromatic heterocycles. The van der Waals surface area contributed by atoms with Crippen molar-refractivity contribution >= 4 is 11.9 Å². The van der Waals surface area contributed by atoms with E-state index in [-0.39, 0.29) is 47.1 Å². The summed E-state index contributed by atoms with van der Waals surface area (Å²) in [5.41, 5.74) is -2.47. The van der Waals surface area contributed by atoms with Gasteiger partial charge in [-0.3, -0.25) is 4.79 Å². The first kappa shape index (κ1) is 26.0. The Bertz CT molecular complexity index is 1140. The van der Waals surface area contributed by atoms with Crippen LogP contribution in [0.4, 0.5) is 4.79 Å². The number of aliphatic hydroxyl groups is 2. The van der Waals surface area contributed by atoms with Gasteiger partial charge in [0.15, 0.2) is 5.78 Å². The number of carbonyl (C=O) groups is 2. The minimum atomic E-state index is -1.24. The lowest BCUT2D eigenvalue weighted by molar-refractivity contribution is -0.228. The highest BCUT2D eigenvalue weighted by atomic mass is 16.6. The Morgan fingerprint density at radius 1 is 1.11 bits per heavy atom. The van der Waals surface area contributed by atoms with E-state index in [4.69, 9.17) is 9.15 Å². The maximum absolute atomic E-state index is 14.1. The van der Waals surface area contributed by atoms with Crippen LogP contribution in [0.2, 0.25) is 0 Å². The van der Waals surface area contributed by atoms with Crippen LogP contribution in [0.1, 0.15) is 70.3 Å². The molecular formula is C29H40N2O7. The van der Waals surface area contributed by atoms with E-state index in [2.05, 4.69) is 12.2 Å². The second kappa shape index (κ2) is 9.17. The molecule has 5 fully saturated rings. The summed E-state index contributed by atoms with van der Waals surface area (Å²) in [6.07, 6.45) is 4.61. The third-order valence-corrected chi connectivity index (χ3v) is 11.4. The van der Waals surface area contributed by atoms with E-state index in [1.165, 1.54) is 12.3 Å². The van der Waals surface area contributed by atoms with Crippen molar-refractivity contribution in [1.29, 1.82) is 0 Å². The Kier molecular flexibility index (Phi) is 6.28. The summed E-state index contributed by atoms with van der Waals surface area (Å²) in [5, 5.41) is 27.3. The Morgan fingerprint density at radius 2 is 1.87 bits per heavy atom. The highest BCUT2D eigenvalue weighted by Gasteiger charge is 2.73. The summed E-state index contributed by atoms with van der Waals surface area (Å²) in [4.78, 5) is 40.1. The first-order valence-electron chi connectivity index (χ1n) is 14.3. The maximum Gasteiger partial charge on any atom is 0.410 e. The van der Waals surface area contributed by atoms with Crippen LogP contribution in [0.25, 0.3) is 0 Å². The molecule has 4 unspecified atom stereocenters. The third kappa shape index (κ3) is 3.64. The second-order valence-electron chi connectivity index (χ2n) is 12.8. The lowest BCUT2D eigenvalue weighted by Gasteiger charge is -2.64. The summed E-state index contributed by atoms with van der Waals surface area (Å²) >= 11 is 0. The fourth-order valence-corrected chi connectivity index (χ4v) is 9.28. The molecule has 0 radical (unpaired) electrons. The van der Waals surface area contributed by atoms with Crippen molar-refractivity contribution in [2.75, 3.05) is 26.2 Å². The first-order chi connectivity index (χ1) is 18.1. The van der Waals surface area contributed by atoms with Crippen LogP contribution in [-0.2, 0) is 9.53 Å². The summed E-state index contributed by atoms with van der Waals surface area (Å²) in [6.45, 7) is 6.83. The van der Waals surface area contributed by atoms with Gasteiger partial charge in [0, 0.05) is 44.1 Å². The summed E-state index contributed by atoms with van der Waals surface area (Å²) in [5.74, 6) is -0.977. The number of hydrogen-bond donors (Lipinski definition) is 3. The Balaban J connectivity index is 1.24. The number of ketones is 1. The van der Waals surface area contributed by atoms with Gasteiger partial charge in [-0.25, -0.2) is 9.59 Å². The van der Waals surface area contributed by atoms with Gasteiger partial charge in [-0.05, 0) is 80.8 Å². The van der Waals surface area contributed by atoms with Crippen LogP contribution in [0.3, 0.4) is 0 Å². The van der Waals surface area contributed by atoms with E-state index < -0.39 is 22.7 Å². The van der Waals surface area contributed by atoms with E-state index in [0.29, 0.717) is 37.9 Å². The highest BCUT2D eigenvalue weighted by molar-refractivity contribution is 5.93. The van der Waals surface area contributed by atoms with E-state index in [1.807, 2.05) is 0 Å². The number of ether oxygens (including phenoxy) is 1. The molecule has 0 bridgehead atoms. The van der Waals surface area contributed by atoms with Crippen LogP contribution in [0.5, 0.6) is 0 Å². The fourth-order valence-electron chi connectivity index (χ4n) is 9.28. The number of nitrogens with one attached hydrogen (secondary N) is 1. The van der Waals surface area contributed by atoms with Crippen molar-refractivity contribution in [3.63, 3.8) is 0 Å². The van der Waals surface area contributed by atoms with Crippen molar-refractivity contribution in [3.05, 3.63) is 34.4 Å². The van der Waals surface area contributed by atoms with Gasteiger partial charge >= 0.3 is 11.7 Å². The van der Waals surface area contributed by atoms with Gasteiger partial charge in [-0.1, -0.05) is 6.92 Å². The molecule has 4 aliphatic carbocycles. The van der Waals surface area contributed by atoms with Crippen molar-refractivity contribution in [2.45, 2.75) is 82.5 Å². The summed E-state index contributed by atoms with van der Waals surface area (Å²) < 4.78 is 11.0. The minimum absolute atomic E-state index is 0.166. The Morgan fingerprint density at radius 3 is 2.58 bits per heavy atom. The largest absolute Gasteiger partial charge is 0.446 e. The normalized spacial score (nSPS) is 44.6. The molecular weight excluding hydrogens is 488 g/mol. The SMILES string of the molecule is CC12CCC(OC(=O)N3CCNCC3)CC1CC[C@@H]1[C@@H]2[C@@H](O)C(=O)[C@]2(C)[C@@H](c3ccc(=O)oc3)CCC12O. The van der Waals surface area contributed by atoms with Crippen LogP contribution in [0.15, 0.2) is 27.6 Å². The molecule has 1 aliphatic heterocycles. The van der Waals surface area contributed by atoms with Crippen LogP contribution in [-0.4, -0.2) is 71.0 Å². The highest BCUT2D eigenvalue weighted by Crippen LogP contribution is 2.69. The Hall–Kier alpha value is -2.23. The number of amides is 1. The third-order valence-electron chi connectivity index (χ3n) is 11.4. The molecule has 2 heterocycles. The molecule has 5 aliphatic rings. The van der Waals surface area contributed by atoms with Crippen molar-refractivity contribution in [1.82, 2.24) is 10.2 Å². The Labute approximate surface area is 222 Å². The number of carbonyl (C=O) groups excluding carboxylic acids is 2. The molecule has 1 saturated heterocycles. The zero-order chi connectivity index (χ0) is 26.9. The molecule has 208 valence electrons. The summed E-state index contributed by atoms with van der Waals surface area (Å²) in [7, 11) is 0. The number of Topliss-reactive ketones (excluding diaryl/α,β-unsaturated/α-hetero) is 1. The molecule has 4 saturated carbocycles. The van der Waals surface area contributed by atoms with Gasteiger partial charge in [0.2, 0.25) is 0 Å². The molecule has 9 atom stereocenters. The average Bonchev–Trinajstić information content (AvgIpc) is 3.20. The zero-order valence-electron chi connectivity index (χ0n) is 22.4.